The monoisotopic (exact) mass is 507 g/mol. The van der Waals surface area contributed by atoms with Crippen LogP contribution in [0.1, 0.15) is 67.1 Å². The Hall–Kier alpha value is -2.94. The molecule has 1 aliphatic carbocycles. The Balaban J connectivity index is 1.51. The van der Waals surface area contributed by atoms with Gasteiger partial charge in [-0.2, -0.15) is 13.2 Å². The summed E-state index contributed by atoms with van der Waals surface area (Å²) in [5.74, 6) is -5.05. The van der Waals surface area contributed by atoms with Crippen LogP contribution in [0.15, 0.2) is 42.5 Å². The average Bonchev–Trinajstić information content (AvgIpc) is 3.14. The van der Waals surface area contributed by atoms with E-state index in [0.717, 1.165) is 37.5 Å². The maximum atomic E-state index is 14.3. The number of carbonyl (C=O) groups excluding carboxylic acids is 1. The first-order valence-corrected chi connectivity index (χ1v) is 12.2. The van der Waals surface area contributed by atoms with Gasteiger partial charge in [-0.3, -0.25) is 9.59 Å². The van der Waals surface area contributed by atoms with E-state index in [4.69, 9.17) is 4.74 Å². The number of hydrogen-bond acceptors (Lipinski definition) is 3. The van der Waals surface area contributed by atoms with Crippen molar-refractivity contribution >= 4 is 17.6 Å². The maximum absolute atomic E-state index is 14.3. The largest absolute Gasteiger partial charge is 0.481 e. The van der Waals surface area contributed by atoms with E-state index >= 15 is 0 Å². The van der Waals surface area contributed by atoms with Crippen LogP contribution >= 0.6 is 0 Å². The van der Waals surface area contributed by atoms with Crippen molar-refractivity contribution < 1.29 is 37.0 Å². The van der Waals surface area contributed by atoms with Crippen molar-refractivity contribution in [2.75, 3.05) is 18.5 Å². The van der Waals surface area contributed by atoms with Crippen LogP contribution in [-0.4, -0.2) is 30.2 Å². The Morgan fingerprint density at radius 2 is 1.64 bits per heavy atom. The number of amides is 1. The first-order valence-electron chi connectivity index (χ1n) is 12.2. The zero-order valence-electron chi connectivity index (χ0n) is 19.7. The van der Waals surface area contributed by atoms with Crippen LogP contribution in [0, 0.1) is 17.7 Å². The van der Waals surface area contributed by atoms with Gasteiger partial charge in [0.05, 0.1) is 23.1 Å². The van der Waals surface area contributed by atoms with Crippen molar-refractivity contribution in [3.8, 4) is 0 Å². The molecule has 2 aromatic rings. The fourth-order valence-corrected chi connectivity index (χ4v) is 5.48. The van der Waals surface area contributed by atoms with Crippen molar-refractivity contribution in [1.29, 1.82) is 0 Å². The maximum Gasteiger partial charge on any atom is 0.416 e. The Morgan fingerprint density at radius 1 is 0.917 bits per heavy atom. The number of carboxylic acid groups (broad SMARTS) is 1. The Labute approximate surface area is 206 Å². The third kappa shape index (κ3) is 5.88. The van der Waals surface area contributed by atoms with E-state index < -0.39 is 52.9 Å². The molecule has 36 heavy (non-hydrogen) atoms. The summed E-state index contributed by atoms with van der Waals surface area (Å²) in [4.78, 5) is 25.3. The highest BCUT2D eigenvalue weighted by atomic mass is 19.4. The molecule has 2 fully saturated rings. The minimum absolute atomic E-state index is 0.293. The van der Waals surface area contributed by atoms with Crippen LogP contribution in [0.3, 0.4) is 0 Å². The average molecular weight is 508 g/mol. The molecule has 0 bridgehead atoms. The molecule has 1 saturated heterocycles. The summed E-state index contributed by atoms with van der Waals surface area (Å²) in [5, 5.41) is 12.3. The standard InChI is InChI=1S/C27H29F4NO4/c28-22-15-19(27(29,30)31)10-11-23(22)32-25(33)21-5-1-4-20(24(21)26(34)35)18-8-6-17(7-9-18)16-3-2-13-36-14-12-16/h6-11,15-16,20-21,24H,1-5,12-14H2,(H,32,33)(H,34,35)/t16-,20+,21+,24+/m0/s1. The molecule has 4 rings (SSSR count). The third-order valence-electron chi connectivity index (χ3n) is 7.36. The number of benzene rings is 2. The number of anilines is 1. The van der Waals surface area contributed by atoms with Gasteiger partial charge in [0.2, 0.25) is 5.91 Å². The molecular formula is C27H29F4NO4. The van der Waals surface area contributed by atoms with Crippen molar-refractivity contribution in [2.45, 2.75) is 56.5 Å². The summed E-state index contributed by atoms with van der Waals surface area (Å²) in [6.45, 7) is 1.48. The highest BCUT2D eigenvalue weighted by Crippen LogP contribution is 2.43. The van der Waals surface area contributed by atoms with Crippen molar-refractivity contribution in [1.82, 2.24) is 0 Å². The number of carboxylic acids is 1. The number of hydrogen-bond donors (Lipinski definition) is 2. The minimum atomic E-state index is -4.71. The molecule has 1 heterocycles. The summed E-state index contributed by atoms with van der Waals surface area (Å²) in [6.07, 6.45) is -0.273. The lowest BCUT2D eigenvalue weighted by molar-refractivity contribution is -0.148. The van der Waals surface area contributed by atoms with Crippen molar-refractivity contribution in [3.05, 3.63) is 65.0 Å². The lowest BCUT2D eigenvalue weighted by Crippen LogP contribution is -2.40. The summed E-state index contributed by atoms with van der Waals surface area (Å²) in [5.41, 5.74) is 0.434. The SMILES string of the molecule is O=C(O)[C@@H]1[C@@H](c2ccc([C@H]3CCCOCC3)cc2)CCC[C@H]1C(=O)Nc1ccc(C(F)(F)F)cc1F. The zero-order chi connectivity index (χ0) is 25.9. The second-order valence-electron chi connectivity index (χ2n) is 9.60. The Morgan fingerprint density at radius 3 is 2.31 bits per heavy atom. The molecule has 1 amide bonds. The van der Waals surface area contributed by atoms with Gasteiger partial charge in [0.15, 0.2) is 0 Å². The molecule has 2 aromatic carbocycles. The van der Waals surface area contributed by atoms with Crippen LogP contribution in [0.4, 0.5) is 23.2 Å². The van der Waals surface area contributed by atoms with Gasteiger partial charge in [-0.1, -0.05) is 30.7 Å². The van der Waals surface area contributed by atoms with Crippen LogP contribution in [0.25, 0.3) is 0 Å². The van der Waals surface area contributed by atoms with Gasteiger partial charge < -0.3 is 15.2 Å². The number of halogens is 4. The number of ether oxygens (including phenoxy) is 1. The van der Waals surface area contributed by atoms with Crippen LogP contribution in [0.5, 0.6) is 0 Å². The normalized spacial score (nSPS) is 25.1. The molecule has 1 aliphatic heterocycles. The van der Waals surface area contributed by atoms with Crippen LogP contribution in [-0.2, 0) is 20.5 Å². The predicted octanol–water partition coefficient (Wildman–Crippen LogP) is 6.35. The molecular weight excluding hydrogens is 478 g/mol. The Bertz CT molecular complexity index is 1080. The smallest absolute Gasteiger partial charge is 0.416 e. The van der Waals surface area contributed by atoms with Gasteiger partial charge in [-0.05, 0) is 73.3 Å². The molecule has 2 N–H and O–H groups in total. The molecule has 1 saturated carbocycles. The lowest BCUT2D eigenvalue weighted by Gasteiger charge is -2.35. The van der Waals surface area contributed by atoms with Crippen molar-refractivity contribution in [3.63, 3.8) is 0 Å². The fourth-order valence-electron chi connectivity index (χ4n) is 5.48. The fraction of sp³-hybridized carbons (Fsp3) is 0.481. The predicted molar refractivity (Wildman–Crippen MR) is 125 cm³/mol. The van der Waals surface area contributed by atoms with Gasteiger partial charge in [-0.25, -0.2) is 4.39 Å². The quantitative estimate of drug-likeness (QED) is 0.463. The van der Waals surface area contributed by atoms with E-state index in [0.29, 0.717) is 43.9 Å². The van der Waals surface area contributed by atoms with Gasteiger partial charge in [0.1, 0.15) is 5.82 Å². The van der Waals surface area contributed by atoms with E-state index in [2.05, 4.69) is 5.32 Å². The summed E-state index contributed by atoms with van der Waals surface area (Å²) < 4.78 is 58.3. The van der Waals surface area contributed by atoms with E-state index in [-0.39, 0.29) is 0 Å². The topological polar surface area (TPSA) is 75.6 Å². The Kier molecular flexibility index (Phi) is 7.97. The van der Waals surface area contributed by atoms with Gasteiger partial charge in [0.25, 0.3) is 0 Å². The van der Waals surface area contributed by atoms with Gasteiger partial charge >= 0.3 is 12.1 Å². The molecule has 0 spiro atoms. The molecule has 4 atom stereocenters. The molecule has 5 nitrogen and oxygen atoms in total. The summed E-state index contributed by atoms with van der Waals surface area (Å²) in [6, 6.07) is 9.74. The second kappa shape index (κ2) is 11.0. The highest BCUT2D eigenvalue weighted by molar-refractivity contribution is 5.95. The van der Waals surface area contributed by atoms with E-state index in [1.165, 1.54) is 5.56 Å². The molecule has 9 heteroatoms. The number of nitrogens with one attached hydrogen (secondary N) is 1. The lowest BCUT2D eigenvalue weighted by atomic mass is 9.68. The number of alkyl halides is 3. The molecule has 0 unspecified atom stereocenters. The summed E-state index contributed by atoms with van der Waals surface area (Å²) in [7, 11) is 0. The van der Waals surface area contributed by atoms with E-state index in [1.807, 2.05) is 24.3 Å². The summed E-state index contributed by atoms with van der Waals surface area (Å²) >= 11 is 0. The van der Waals surface area contributed by atoms with Crippen LogP contribution < -0.4 is 5.32 Å². The van der Waals surface area contributed by atoms with Gasteiger partial charge in [0, 0.05) is 13.2 Å². The van der Waals surface area contributed by atoms with Crippen molar-refractivity contribution in [2.24, 2.45) is 11.8 Å². The first-order chi connectivity index (χ1) is 17.1. The molecule has 194 valence electrons. The first kappa shape index (κ1) is 26.1. The highest BCUT2D eigenvalue weighted by Gasteiger charge is 2.43. The van der Waals surface area contributed by atoms with Gasteiger partial charge in [-0.15, -0.1) is 0 Å². The van der Waals surface area contributed by atoms with E-state index in [9.17, 15) is 32.3 Å². The minimum Gasteiger partial charge on any atom is -0.481 e. The molecule has 0 aromatic heterocycles. The number of carbonyl (C=O) groups is 2. The van der Waals surface area contributed by atoms with Crippen LogP contribution in [0.2, 0.25) is 0 Å². The van der Waals surface area contributed by atoms with E-state index in [1.54, 1.807) is 0 Å². The number of aliphatic carboxylic acids is 1. The molecule has 0 radical (unpaired) electrons. The second-order valence-corrected chi connectivity index (χ2v) is 9.60. The molecule has 2 aliphatic rings. The number of rotatable bonds is 5. The zero-order valence-corrected chi connectivity index (χ0v) is 19.7. The third-order valence-corrected chi connectivity index (χ3v) is 7.36.